The maximum absolute atomic E-state index is 5.72. The van der Waals surface area contributed by atoms with Gasteiger partial charge in [0.1, 0.15) is 5.82 Å². The summed E-state index contributed by atoms with van der Waals surface area (Å²) in [6.45, 7) is 0. The number of aryl methyl sites for hydroxylation is 3. The average Bonchev–Trinajstić information content (AvgIpc) is 2.68. The fraction of sp³-hybridized carbons (Fsp3) is 0.357. The van der Waals surface area contributed by atoms with Gasteiger partial charge in [-0.15, -0.1) is 0 Å². The Morgan fingerprint density at radius 1 is 1.12 bits per heavy atom. The van der Waals surface area contributed by atoms with Gasteiger partial charge in [-0.25, -0.2) is 0 Å². The smallest absolute Gasteiger partial charge is 0.146 e. The third kappa shape index (κ3) is 1.82. The first-order chi connectivity index (χ1) is 8.24. The van der Waals surface area contributed by atoms with E-state index >= 15 is 0 Å². The van der Waals surface area contributed by atoms with E-state index in [-0.39, 0.29) is 0 Å². The topological polar surface area (TPSA) is 43.8 Å². The normalized spacial score (nSPS) is 14.6. The van der Waals surface area contributed by atoms with E-state index in [0.717, 1.165) is 5.69 Å². The van der Waals surface area contributed by atoms with Crippen molar-refractivity contribution in [1.82, 2.24) is 9.78 Å². The van der Waals surface area contributed by atoms with E-state index in [9.17, 15) is 0 Å². The second-order valence-electron chi connectivity index (χ2n) is 4.77. The van der Waals surface area contributed by atoms with E-state index in [0.29, 0.717) is 5.82 Å². The van der Waals surface area contributed by atoms with Crippen molar-refractivity contribution < 1.29 is 0 Å². The number of fused-ring (bicyclic) bond motifs is 1. The molecule has 1 aliphatic carbocycles. The van der Waals surface area contributed by atoms with Crippen LogP contribution in [0.1, 0.15) is 24.0 Å². The van der Waals surface area contributed by atoms with E-state index < -0.39 is 0 Å². The molecule has 2 aromatic rings. The van der Waals surface area contributed by atoms with Crippen LogP contribution in [-0.4, -0.2) is 9.78 Å². The second-order valence-corrected chi connectivity index (χ2v) is 4.77. The van der Waals surface area contributed by atoms with Crippen LogP contribution in [0.2, 0.25) is 0 Å². The zero-order valence-corrected chi connectivity index (χ0v) is 10.1. The van der Waals surface area contributed by atoms with Gasteiger partial charge in [-0.2, -0.15) is 5.10 Å². The minimum absolute atomic E-state index is 0.584. The van der Waals surface area contributed by atoms with E-state index in [1.165, 1.54) is 42.4 Å². The lowest BCUT2D eigenvalue weighted by molar-refractivity contribution is 0.685. The molecule has 0 unspecified atom stereocenters. The van der Waals surface area contributed by atoms with Crippen molar-refractivity contribution in [2.75, 3.05) is 5.73 Å². The lowest BCUT2D eigenvalue weighted by Crippen LogP contribution is -2.03. The van der Waals surface area contributed by atoms with Gasteiger partial charge in [-0.05, 0) is 42.9 Å². The summed E-state index contributed by atoms with van der Waals surface area (Å²) in [7, 11) is 1.94. The van der Waals surface area contributed by atoms with Crippen LogP contribution in [0, 0.1) is 0 Å². The molecule has 1 aromatic carbocycles. The highest BCUT2D eigenvalue weighted by Crippen LogP contribution is 2.27. The Hall–Kier alpha value is -1.77. The Bertz CT molecular complexity index is 555. The van der Waals surface area contributed by atoms with Crippen LogP contribution >= 0.6 is 0 Å². The SMILES string of the molecule is Cn1nc(N)cc1-c1ccc2c(c1)CCCC2. The van der Waals surface area contributed by atoms with E-state index in [4.69, 9.17) is 5.73 Å². The van der Waals surface area contributed by atoms with Gasteiger partial charge in [0.05, 0.1) is 5.69 Å². The van der Waals surface area contributed by atoms with Gasteiger partial charge >= 0.3 is 0 Å². The van der Waals surface area contributed by atoms with Crippen molar-refractivity contribution in [3.63, 3.8) is 0 Å². The Morgan fingerprint density at radius 3 is 2.59 bits per heavy atom. The highest BCUT2D eigenvalue weighted by atomic mass is 15.3. The molecule has 17 heavy (non-hydrogen) atoms. The van der Waals surface area contributed by atoms with E-state index in [1.54, 1.807) is 0 Å². The molecule has 0 radical (unpaired) electrons. The van der Waals surface area contributed by atoms with Crippen molar-refractivity contribution in [3.8, 4) is 11.3 Å². The summed E-state index contributed by atoms with van der Waals surface area (Å²) >= 11 is 0. The summed E-state index contributed by atoms with van der Waals surface area (Å²) in [6, 6.07) is 8.67. The first-order valence-electron chi connectivity index (χ1n) is 6.16. The molecule has 0 amide bonds. The van der Waals surface area contributed by atoms with Crippen molar-refractivity contribution >= 4 is 5.82 Å². The number of aromatic nitrogens is 2. The Kier molecular flexibility index (Phi) is 2.39. The van der Waals surface area contributed by atoms with Crippen LogP contribution in [0.15, 0.2) is 24.3 Å². The highest BCUT2D eigenvalue weighted by Gasteiger charge is 2.12. The lowest BCUT2D eigenvalue weighted by Gasteiger charge is -2.16. The van der Waals surface area contributed by atoms with E-state index in [1.807, 2.05) is 17.8 Å². The van der Waals surface area contributed by atoms with Crippen molar-refractivity contribution in [1.29, 1.82) is 0 Å². The number of hydrogen-bond donors (Lipinski definition) is 1. The minimum Gasteiger partial charge on any atom is -0.382 e. The molecule has 88 valence electrons. The summed E-state index contributed by atoms with van der Waals surface area (Å²) in [5.74, 6) is 0.584. The number of hydrogen-bond acceptors (Lipinski definition) is 2. The molecule has 3 rings (SSSR count). The summed E-state index contributed by atoms with van der Waals surface area (Å²) in [6.07, 6.45) is 5.06. The largest absolute Gasteiger partial charge is 0.382 e. The van der Waals surface area contributed by atoms with Crippen LogP contribution in [0.25, 0.3) is 11.3 Å². The molecular weight excluding hydrogens is 210 g/mol. The summed E-state index contributed by atoms with van der Waals surface area (Å²) in [4.78, 5) is 0. The monoisotopic (exact) mass is 227 g/mol. The Morgan fingerprint density at radius 2 is 1.88 bits per heavy atom. The third-order valence-electron chi connectivity index (χ3n) is 3.54. The molecule has 1 aliphatic rings. The zero-order valence-electron chi connectivity index (χ0n) is 10.1. The molecule has 1 heterocycles. The maximum Gasteiger partial charge on any atom is 0.146 e. The molecule has 0 bridgehead atoms. The summed E-state index contributed by atoms with van der Waals surface area (Å²) in [5, 5.41) is 4.19. The Balaban J connectivity index is 2.06. The van der Waals surface area contributed by atoms with Gasteiger partial charge in [0.25, 0.3) is 0 Å². The zero-order chi connectivity index (χ0) is 11.8. The van der Waals surface area contributed by atoms with Crippen molar-refractivity contribution in [3.05, 3.63) is 35.4 Å². The molecule has 0 fully saturated rings. The quantitative estimate of drug-likeness (QED) is 0.813. The van der Waals surface area contributed by atoms with E-state index in [2.05, 4.69) is 23.3 Å². The molecule has 0 aliphatic heterocycles. The molecule has 3 nitrogen and oxygen atoms in total. The molecule has 0 spiro atoms. The first-order valence-corrected chi connectivity index (χ1v) is 6.16. The van der Waals surface area contributed by atoms with Gasteiger partial charge in [-0.3, -0.25) is 4.68 Å². The number of anilines is 1. The number of nitrogen functional groups attached to an aromatic ring is 1. The van der Waals surface area contributed by atoms with Crippen LogP contribution in [0.3, 0.4) is 0 Å². The van der Waals surface area contributed by atoms with Crippen LogP contribution in [0.4, 0.5) is 5.82 Å². The number of benzene rings is 1. The predicted octanol–water partition coefficient (Wildman–Crippen LogP) is 2.55. The van der Waals surface area contributed by atoms with Crippen molar-refractivity contribution in [2.24, 2.45) is 7.05 Å². The molecule has 2 N–H and O–H groups in total. The maximum atomic E-state index is 5.72. The summed E-state index contributed by atoms with van der Waals surface area (Å²) < 4.78 is 1.85. The van der Waals surface area contributed by atoms with Gasteiger partial charge in [-0.1, -0.05) is 12.1 Å². The number of nitrogens with two attached hydrogens (primary N) is 1. The molecule has 0 atom stereocenters. The predicted molar refractivity (Wildman–Crippen MR) is 69.7 cm³/mol. The van der Waals surface area contributed by atoms with Crippen molar-refractivity contribution in [2.45, 2.75) is 25.7 Å². The van der Waals surface area contributed by atoms with Gasteiger partial charge < -0.3 is 5.73 Å². The standard InChI is InChI=1S/C14H17N3/c1-17-13(9-14(15)16-17)12-7-6-10-4-2-3-5-11(10)8-12/h6-9H,2-5H2,1H3,(H2,15,16). The third-order valence-corrected chi connectivity index (χ3v) is 3.54. The summed E-state index contributed by atoms with van der Waals surface area (Å²) in [5.41, 5.74) is 11.0. The molecule has 0 saturated carbocycles. The minimum atomic E-state index is 0.584. The van der Waals surface area contributed by atoms with Gasteiger partial charge in [0.15, 0.2) is 0 Å². The van der Waals surface area contributed by atoms with Crippen LogP contribution < -0.4 is 5.73 Å². The highest BCUT2D eigenvalue weighted by molar-refractivity contribution is 5.64. The number of nitrogens with zero attached hydrogens (tertiary/aromatic N) is 2. The second kappa shape index (κ2) is 3.91. The van der Waals surface area contributed by atoms with Gasteiger partial charge in [0.2, 0.25) is 0 Å². The molecule has 0 saturated heterocycles. The van der Waals surface area contributed by atoms with Gasteiger partial charge in [0, 0.05) is 18.7 Å². The molecule has 3 heteroatoms. The first kappa shape index (κ1) is 10.4. The fourth-order valence-corrected chi connectivity index (χ4v) is 2.65. The average molecular weight is 227 g/mol. The Labute approximate surface area is 101 Å². The van der Waals surface area contributed by atoms with Crippen LogP contribution in [-0.2, 0) is 19.9 Å². The lowest BCUT2D eigenvalue weighted by atomic mass is 9.90. The molecule has 1 aromatic heterocycles. The van der Waals surface area contributed by atoms with Crippen LogP contribution in [0.5, 0.6) is 0 Å². The molecular formula is C14H17N3. The fourth-order valence-electron chi connectivity index (χ4n) is 2.65. The number of rotatable bonds is 1.